The third-order valence-electron chi connectivity index (χ3n) is 15.6. The largest absolute Gasteiger partial charge is 0.487 e. The van der Waals surface area contributed by atoms with Crippen LogP contribution in [0.4, 0.5) is 5.69 Å². The highest BCUT2D eigenvalue weighted by molar-refractivity contribution is 6.02. The zero-order valence-electron chi connectivity index (χ0n) is 43.2. The van der Waals surface area contributed by atoms with Crippen molar-refractivity contribution in [3.63, 3.8) is 0 Å². The van der Waals surface area contributed by atoms with E-state index in [9.17, 15) is 14.4 Å². The lowest BCUT2D eigenvalue weighted by Crippen LogP contribution is -2.61. The van der Waals surface area contributed by atoms with Crippen molar-refractivity contribution < 1.29 is 28.6 Å². The van der Waals surface area contributed by atoms with Gasteiger partial charge in [0.1, 0.15) is 24.4 Å². The molecule has 3 aromatic carbocycles. The van der Waals surface area contributed by atoms with E-state index >= 15 is 0 Å². The molecular weight excluding hydrogens is 905 g/mol. The average Bonchev–Trinajstić information content (AvgIpc) is 4.20. The number of aryl methyl sites for hydroxylation is 1. The Morgan fingerprint density at radius 2 is 1.65 bits per heavy atom. The third-order valence-corrected chi connectivity index (χ3v) is 15.6. The number of carbonyl (C=O) groups is 3. The molecule has 4 atom stereocenters. The normalized spacial score (nSPS) is 22.9. The summed E-state index contributed by atoms with van der Waals surface area (Å²) in [6.07, 6.45) is 6.23. The number of anilines is 1. The smallest absolute Gasteiger partial charge is 0.324 e. The average molecular weight is 977 g/mol. The van der Waals surface area contributed by atoms with E-state index in [0.717, 1.165) is 99.3 Å². The first-order valence-electron chi connectivity index (χ1n) is 26.3. The highest BCUT2D eigenvalue weighted by atomic mass is 16.5. The number of piperazine rings is 1. The predicted octanol–water partition coefficient (Wildman–Crippen LogP) is 8.18. The maximum atomic E-state index is 14.8. The fourth-order valence-electron chi connectivity index (χ4n) is 11.2. The molecule has 2 N–H and O–H groups in total. The Hall–Kier alpha value is -6.09. The number of rotatable bonds is 8. The summed E-state index contributed by atoms with van der Waals surface area (Å²) < 4.78 is 21.5. The number of ether oxygens (including phenoxy) is 3. The van der Waals surface area contributed by atoms with Gasteiger partial charge in [-0.3, -0.25) is 34.3 Å². The number of aromatic nitrogens is 2. The van der Waals surface area contributed by atoms with E-state index in [4.69, 9.17) is 24.2 Å². The van der Waals surface area contributed by atoms with Crippen LogP contribution in [0.1, 0.15) is 95.7 Å². The Balaban J connectivity index is 1.15. The minimum Gasteiger partial charge on any atom is -0.487 e. The van der Waals surface area contributed by atoms with E-state index in [2.05, 4.69) is 89.2 Å². The molecule has 3 fully saturated rings. The molecule has 5 aliphatic rings. The Morgan fingerprint density at radius 3 is 2.39 bits per heavy atom. The molecule has 6 heterocycles. The van der Waals surface area contributed by atoms with Gasteiger partial charge in [0.25, 0.3) is 5.91 Å². The van der Waals surface area contributed by atoms with Crippen molar-refractivity contribution in [2.75, 3.05) is 64.5 Å². The van der Waals surface area contributed by atoms with E-state index in [1.165, 1.54) is 17.9 Å². The Kier molecular flexibility index (Phi) is 14.3. The van der Waals surface area contributed by atoms with E-state index in [1.807, 2.05) is 56.4 Å². The Morgan fingerprint density at radius 1 is 0.861 bits per heavy atom. The first-order chi connectivity index (χ1) is 34.8. The summed E-state index contributed by atoms with van der Waals surface area (Å²) in [6, 6.07) is 24.2. The van der Waals surface area contributed by atoms with Crippen LogP contribution in [0.2, 0.25) is 0 Å². The molecule has 5 aromatic rings. The van der Waals surface area contributed by atoms with Crippen molar-refractivity contribution in [2.45, 2.75) is 111 Å². The molecule has 14 nitrogen and oxygen atoms in total. The monoisotopic (exact) mass is 977 g/mol. The van der Waals surface area contributed by atoms with Crippen molar-refractivity contribution in [1.82, 2.24) is 30.2 Å². The number of hydrogen-bond donors (Lipinski definition) is 2. The number of nitrogens with zero attached hydrogens (tertiary/aromatic N) is 6. The number of hydrazine groups is 1. The molecular formula is C58H72N8O6. The van der Waals surface area contributed by atoms with E-state index in [1.54, 1.807) is 7.11 Å². The van der Waals surface area contributed by atoms with Gasteiger partial charge in [-0.25, -0.2) is 5.43 Å². The lowest BCUT2D eigenvalue weighted by Gasteiger charge is -2.36. The minimum atomic E-state index is -0.953. The van der Waals surface area contributed by atoms with Crippen molar-refractivity contribution in [3.8, 4) is 28.1 Å². The van der Waals surface area contributed by atoms with Gasteiger partial charge in [0.2, 0.25) is 5.91 Å². The second-order valence-corrected chi connectivity index (χ2v) is 21.7. The number of pyridine rings is 1. The van der Waals surface area contributed by atoms with Gasteiger partial charge in [-0.05, 0) is 110 Å². The number of esters is 1. The number of aliphatic imine (C=N–C) groups is 1. The third kappa shape index (κ3) is 10.4. The molecule has 1 aliphatic carbocycles. The molecule has 2 amide bonds. The first kappa shape index (κ1) is 49.5. The summed E-state index contributed by atoms with van der Waals surface area (Å²) in [4.78, 5) is 58.8. The maximum absolute atomic E-state index is 14.8. The summed E-state index contributed by atoms with van der Waals surface area (Å²) in [7, 11) is 1.74. The second kappa shape index (κ2) is 20.8. The molecule has 10 rings (SSSR count). The quantitative estimate of drug-likeness (QED) is 0.146. The molecule has 0 unspecified atom stereocenters. The van der Waals surface area contributed by atoms with Gasteiger partial charge in [-0.15, -0.1) is 0 Å². The topological polar surface area (TPSA) is 143 Å². The zero-order valence-corrected chi connectivity index (χ0v) is 43.2. The highest BCUT2D eigenvalue weighted by Crippen LogP contribution is 2.44. The molecule has 2 saturated heterocycles. The van der Waals surface area contributed by atoms with Crippen LogP contribution in [0.5, 0.6) is 5.75 Å². The summed E-state index contributed by atoms with van der Waals surface area (Å²) in [6.45, 7) is 18.2. The molecule has 380 valence electrons. The van der Waals surface area contributed by atoms with Gasteiger partial charge < -0.3 is 29.0 Å². The number of methoxy groups -OCH3 is 1. The van der Waals surface area contributed by atoms with Crippen molar-refractivity contribution in [1.29, 1.82) is 0 Å². The highest BCUT2D eigenvalue weighted by Gasteiger charge is 2.37. The van der Waals surface area contributed by atoms with Gasteiger partial charge >= 0.3 is 5.97 Å². The molecule has 72 heavy (non-hydrogen) atoms. The van der Waals surface area contributed by atoms with Gasteiger partial charge in [-0.1, -0.05) is 70.2 Å². The fraction of sp³-hybridized carbons (Fsp3) is 0.500. The molecule has 14 heteroatoms. The zero-order chi connectivity index (χ0) is 50.3. The van der Waals surface area contributed by atoms with E-state index in [0.29, 0.717) is 38.1 Å². The summed E-state index contributed by atoms with van der Waals surface area (Å²) in [5, 5.41) is 5.79. The van der Waals surface area contributed by atoms with Crippen molar-refractivity contribution in [2.24, 2.45) is 22.2 Å². The van der Waals surface area contributed by atoms with Gasteiger partial charge in [0, 0.05) is 80.7 Å². The lowest BCUT2D eigenvalue weighted by atomic mass is 9.84. The standard InChI is InChI=1S/C58H72N8O6/c1-8-65-52-19-16-40-29-45(52)47(54(65)46-30-43(32-60-53(46)37(4)70-7)64-23-21-63(22-24-64)42-17-18-42)31-58(5,6)35-72-57(69)49-15-12-20-66(62-49)56(68)50-27-38-25-41(40)28-44(26-38)71-34-51(39-13-10-9-11-14-39)59-33-48(36(2)3)55(67)61-50/h9-11,13-14,16,19,25-26,28-30,32,36-37,42,48-50,62H,8,12,15,17-18,20-24,27,31,33-35H2,1-7H3,(H,61,67)/t37-,48-,49-,50-/m0/s1. The number of fused-ring (bicyclic) bond motifs is 7. The fourth-order valence-corrected chi connectivity index (χ4v) is 11.2. The SMILES string of the molecule is CCn1c(-c2cc(N3CCN(C4CC4)CC3)cnc2[C@H](C)OC)c2c3cc(ccc31)-c1cc3cc(c1)OCC(c1ccccc1)=NC[C@@H](C(C)C)C(=O)N[C@@H](C3)C(=O)N1CCC[C@H](N1)C(=O)OCC(C)(C)C2. The number of cyclic esters (lactones) is 1. The predicted molar refractivity (Wildman–Crippen MR) is 282 cm³/mol. The van der Waals surface area contributed by atoms with Crippen molar-refractivity contribution in [3.05, 3.63) is 101 Å². The summed E-state index contributed by atoms with van der Waals surface area (Å²) in [5.41, 5.74) is 13.4. The van der Waals surface area contributed by atoms with E-state index in [-0.39, 0.29) is 50.0 Å². The Bertz CT molecular complexity index is 2850. The van der Waals surface area contributed by atoms with Gasteiger partial charge in [0.15, 0.2) is 0 Å². The Labute approximate surface area is 424 Å². The van der Waals surface area contributed by atoms with Crippen LogP contribution < -0.4 is 20.4 Å². The van der Waals surface area contributed by atoms with Gasteiger partial charge in [0.05, 0.1) is 54.2 Å². The number of carbonyl (C=O) groups excluding carboxylic acids is 3. The number of benzene rings is 3. The summed E-state index contributed by atoms with van der Waals surface area (Å²) in [5.74, 6) is -0.926. The number of nitrogens with one attached hydrogen (secondary N) is 2. The van der Waals surface area contributed by atoms with Crippen LogP contribution >= 0.6 is 0 Å². The molecule has 4 aliphatic heterocycles. The second-order valence-electron chi connectivity index (χ2n) is 21.7. The van der Waals surface area contributed by atoms with Crippen LogP contribution in [-0.4, -0.2) is 121 Å². The molecule has 2 aromatic heterocycles. The minimum absolute atomic E-state index is 0.0684. The molecule has 0 radical (unpaired) electrons. The molecule has 1 saturated carbocycles. The van der Waals surface area contributed by atoms with Crippen LogP contribution in [0, 0.1) is 17.3 Å². The van der Waals surface area contributed by atoms with Crippen LogP contribution in [0.3, 0.4) is 0 Å². The molecule has 0 spiro atoms. The lowest BCUT2D eigenvalue weighted by molar-refractivity contribution is -0.155. The maximum Gasteiger partial charge on any atom is 0.324 e. The number of amides is 2. The van der Waals surface area contributed by atoms with E-state index < -0.39 is 29.4 Å². The van der Waals surface area contributed by atoms with Gasteiger partial charge in [-0.2, -0.15) is 0 Å². The van der Waals surface area contributed by atoms with Crippen LogP contribution in [0.15, 0.2) is 84.0 Å². The summed E-state index contributed by atoms with van der Waals surface area (Å²) >= 11 is 0. The first-order valence-corrected chi connectivity index (χ1v) is 26.3. The van der Waals surface area contributed by atoms with Crippen LogP contribution in [0.25, 0.3) is 33.3 Å². The molecule has 8 bridgehead atoms. The van der Waals surface area contributed by atoms with Crippen molar-refractivity contribution >= 4 is 40.1 Å². The van der Waals surface area contributed by atoms with Crippen LogP contribution in [-0.2, 0) is 43.2 Å². The number of hydrogen-bond acceptors (Lipinski definition) is 11.